The van der Waals surface area contributed by atoms with E-state index < -0.39 is 42.9 Å². The van der Waals surface area contributed by atoms with Gasteiger partial charge in [-0.2, -0.15) is 0 Å². The molecule has 26 heavy (non-hydrogen) atoms. The molecule has 3 rings (SSSR count). The van der Waals surface area contributed by atoms with Crippen LogP contribution in [0, 0.1) is 0 Å². The maximum absolute atomic E-state index is 14.1. The predicted octanol–water partition coefficient (Wildman–Crippen LogP) is 2.33. The van der Waals surface area contributed by atoms with E-state index in [4.69, 9.17) is 14.2 Å². The van der Waals surface area contributed by atoms with Crippen molar-refractivity contribution in [1.82, 2.24) is 0 Å². The Balaban J connectivity index is 1.64. The number of benzene rings is 2. The molecular weight excluding hydrogens is 343 g/mol. The number of carbonyl (C=O) groups is 3. The van der Waals surface area contributed by atoms with Crippen molar-refractivity contribution in [1.29, 1.82) is 0 Å². The molecule has 0 unspecified atom stereocenters. The third-order valence-electron chi connectivity index (χ3n) is 3.79. The van der Waals surface area contributed by atoms with Gasteiger partial charge < -0.3 is 14.2 Å². The van der Waals surface area contributed by atoms with Gasteiger partial charge in [-0.25, -0.2) is 18.8 Å². The zero-order valence-corrected chi connectivity index (χ0v) is 13.5. The fourth-order valence-electron chi connectivity index (χ4n) is 2.45. The summed E-state index contributed by atoms with van der Waals surface area (Å²) in [6.45, 7) is -0.424. The maximum Gasteiger partial charge on any atom is 0.345 e. The summed E-state index contributed by atoms with van der Waals surface area (Å²) in [4.78, 5) is 35.5. The molecule has 0 aliphatic carbocycles. The van der Waals surface area contributed by atoms with E-state index in [1.54, 1.807) is 48.5 Å². The highest BCUT2D eigenvalue weighted by molar-refractivity contribution is 5.90. The molecule has 1 saturated heterocycles. The van der Waals surface area contributed by atoms with Gasteiger partial charge in [0.15, 0.2) is 12.2 Å². The Morgan fingerprint density at radius 3 is 2.04 bits per heavy atom. The van der Waals surface area contributed by atoms with Crippen molar-refractivity contribution in [2.75, 3.05) is 6.61 Å². The standard InChI is InChI=1S/C19H15FO6/c20-15-16(26-18(22)13-9-5-2-6-10-13)14(25-19(15)23)11-24-17(21)12-7-3-1-4-8-12/h1-10,14-16H,11H2/t14-,15-,16-/m1/s1. The fraction of sp³-hybridized carbons (Fsp3) is 0.211. The molecule has 0 spiro atoms. The molecule has 0 amide bonds. The van der Waals surface area contributed by atoms with E-state index >= 15 is 0 Å². The molecule has 1 aliphatic heterocycles. The Morgan fingerprint density at radius 2 is 1.46 bits per heavy atom. The minimum Gasteiger partial charge on any atom is -0.458 e. The van der Waals surface area contributed by atoms with Crippen molar-refractivity contribution in [2.24, 2.45) is 0 Å². The van der Waals surface area contributed by atoms with Gasteiger partial charge in [0, 0.05) is 0 Å². The molecule has 6 nitrogen and oxygen atoms in total. The minimum absolute atomic E-state index is 0.207. The van der Waals surface area contributed by atoms with E-state index in [1.165, 1.54) is 12.1 Å². The van der Waals surface area contributed by atoms with Gasteiger partial charge in [0.1, 0.15) is 6.61 Å². The number of alkyl halides is 1. The van der Waals surface area contributed by atoms with E-state index in [0.717, 1.165) is 0 Å². The molecule has 134 valence electrons. The van der Waals surface area contributed by atoms with Crippen molar-refractivity contribution >= 4 is 17.9 Å². The number of hydrogen-bond acceptors (Lipinski definition) is 6. The first-order valence-electron chi connectivity index (χ1n) is 7.89. The highest BCUT2D eigenvalue weighted by Gasteiger charge is 2.48. The first-order valence-corrected chi connectivity index (χ1v) is 7.89. The van der Waals surface area contributed by atoms with E-state index in [1.807, 2.05) is 0 Å². The summed E-state index contributed by atoms with van der Waals surface area (Å²) in [6, 6.07) is 16.1. The fourth-order valence-corrected chi connectivity index (χ4v) is 2.45. The summed E-state index contributed by atoms with van der Waals surface area (Å²) < 4.78 is 29.0. The van der Waals surface area contributed by atoms with E-state index in [9.17, 15) is 18.8 Å². The van der Waals surface area contributed by atoms with Crippen LogP contribution in [0.3, 0.4) is 0 Å². The smallest absolute Gasteiger partial charge is 0.345 e. The Hall–Kier alpha value is -3.22. The Labute approximate surface area is 148 Å². The monoisotopic (exact) mass is 358 g/mol. The Morgan fingerprint density at radius 1 is 0.923 bits per heavy atom. The van der Waals surface area contributed by atoms with Gasteiger partial charge in [0.05, 0.1) is 11.1 Å². The number of halogens is 1. The molecular formula is C19H15FO6. The van der Waals surface area contributed by atoms with Crippen molar-refractivity contribution < 1.29 is 33.0 Å². The summed E-state index contributed by atoms with van der Waals surface area (Å²) >= 11 is 0. The molecule has 3 atom stereocenters. The van der Waals surface area contributed by atoms with E-state index in [2.05, 4.69) is 0 Å². The second kappa shape index (κ2) is 7.77. The first-order chi connectivity index (χ1) is 12.6. The van der Waals surface area contributed by atoms with Gasteiger partial charge in [-0.1, -0.05) is 36.4 Å². The van der Waals surface area contributed by atoms with Crippen LogP contribution in [0.15, 0.2) is 60.7 Å². The maximum atomic E-state index is 14.1. The lowest BCUT2D eigenvalue weighted by molar-refractivity contribution is -0.146. The average molecular weight is 358 g/mol. The lowest BCUT2D eigenvalue weighted by atomic mass is 10.1. The minimum atomic E-state index is -2.14. The van der Waals surface area contributed by atoms with Crippen LogP contribution in [0.5, 0.6) is 0 Å². The quantitative estimate of drug-likeness (QED) is 0.603. The van der Waals surface area contributed by atoms with Crippen LogP contribution in [0.4, 0.5) is 4.39 Å². The van der Waals surface area contributed by atoms with Gasteiger partial charge in [-0.15, -0.1) is 0 Å². The lowest BCUT2D eigenvalue weighted by Gasteiger charge is -2.18. The number of carbonyl (C=O) groups excluding carboxylic acids is 3. The van der Waals surface area contributed by atoms with Crippen LogP contribution in [0.25, 0.3) is 0 Å². The molecule has 1 fully saturated rings. The van der Waals surface area contributed by atoms with Crippen molar-refractivity contribution in [3.05, 3.63) is 71.8 Å². The third kappa shape index (κ3) is 3.88. The zero-order chi connectivity index (χ0) is 18.5. The van der Waals surface area contributed by atoms with Gasteiger partial charge >= 0.3 is 17.9 Å². The van der Waals surface area contributed by atoms with Crippen molar-refractivity contribution in [3.8, 4) is 0 Å². The van der Waals surface area contributed by atoms with Crippen molar-refractivity contribution in [3.63, 3.8) is 0 Å². The predicted molar refractivity (Wildman–Crippen MR) is 87.1 cm³/mol. The van der Waals surface area contributed by atoms with E-state index in [0.29, 0.717) is 5.56 Å². The molecule has 0 N–H and O–H groups in total. The second-order valence-corrected chi connectivity index (χ2v) is 5.58. The number of rotatable bonds is 5. The summed E-state index contributed by atoms with van der Waals surface area (Å²) in [5.41, 5.74) is 0.505. The molecule has 1 heterocycles. The number of cyclic esters (lactones) is 1. The number of hydrogen-bond donors (Lipinski definition) is 0. The Bertz CT molecular complexity index is 792. The normalized spacial score (nSPS) is 21.7. The lowest BCUT2D eigenvalue weighted by Crippen LogP contribution is -2.37. The largest absolute Gasteiger partial charge is 0.458 e. The summed E-state index contributed by atoms with van der Waals surface area (Å²) in [7, 11) is 0. The second-order valence-electron chi connectivity index (χ2n) is 5.58. The van der Waals surface area contributed by atoms with Crippen molar-refractivity contribution in [2.45, 2.75) is 18.4 Å². The number of esters is 3. The molecule has 0 saturated carbocycles. The van der Waals surface area contributed by atoms with Crippen LogP contribution in [0.2, 0.25) is 0 Å². The van der Waals surface area contributed by atoms with Crippen LogP contribution in [-0.2, 0) is 19.0 Å². The topological polar surface area (TPSA) is 78.9 Å². The summed E-state index contributed by atoms with van der Waals surface area (Å²) in [5.74, 6) is -2.61. The van der Waals surface area contributed by atoms with Crippen LogP contribution in [0.1, 0.15) is 20.7 Å². The van der Waals surface area contributed by atoms with Crippen LogP contribution in [-0.4, -0.2) is 42.9 Å². The highest BCUT2D eigenvalue weighted by atomic mass is 19.1. The average Bonchev–Trinajstić information content (AvgIpc) is 2.95. The summed E-state index contributed by atoms with van der Waals surface area (Å²) in [6.07, 6.45) is -4.83. The molecule has 0 radical (unpaired) electrons. The SMILES string of the molecule is O=C(OC[C@H]1OC(=O)[C@H](F)[C@@H]1OC(=O)c1ccccc1)c1ccccc1. The molecule has 2 aromatic rings. The molecule has 1 aliphatic rings. The van der Waals surface area contributed by atoms with Crippen LogP contribution < -0.4 is 0 Å². The van der Waals surface area contributed by atoms with Gasteiger partial charge in [-0.3, -0.25) is 0 Å². The molecule has 0 bridgehead atoms. The van der Waals surface area contributed by atoms with Gasteiger partial charge in [-0.05, 0) is 24.3 Å². The van der Waals surface area contributed by atoms with E-state index in [-0.39, 0.29) is 5.56 Å². The van der Waals surface area contributed by atoms with Gasteiger partial charge in [0.25, 0.3) is 0 Å². The van der Waals surface area contributed by atoms with Gasteiger partial charge in [0.2, 0.25) is 6.17 Å². The zero-order valence-electron chi connectivity index (χ0n) is 13.5. The number of ether oxygens (including phenoxy) is 3. The highest BCUT2D eigenvalue weighted by Crippen LogP contribution is 2.24. The molecule has 0 aromatic heterocycles. The summed E-state index contributed by atoms with van der Waals surface area (Å²) in [5, 5.41) is 0. The molecule has 2 aromatic carbocycles. The van der Waals surface area contributed by atoms with Crippen LogP contribution >= 0.6 is 0 Å². The molecule has 7 heteroatoms. The third-order valence-corrected chi connectivity index (χ3v) is 3.79. The Kier molecular flexibility index (Phi) is 5.26. The first kappa shape index (κ1) is 17.6.